The van der Waals surface area contributed by atoms with Crippen molar-refractivity contribution in [3.05, 3.63) is 0 Å². The quantitative estimate of drug-likeness (QED) is 0.194. The zero-order valence-electron chi connectivity index (χ0n) is 19.1. The zero-order valence-corrected chi connectivity index (χ0v) is 19.1. The average molecular weight is 414 g/mol. The van der Waals surface area contributed by atoms with E-state index >= 15 is 0 Å². The van der Waals surface area contributed by atoms with Crippen LogP contribution in [0.5, 0.6) is 0 Å². The van der Waals surface area contributed by atoms with E-state index in [1.807, 2.05) is 0 Å². The summed E-state index contributed by atoms with van der Waals surface area (Å²) in [5.41, 5.74) is 3.41. The van der Waals surface area contributed by atoms with E-state index in [4.69, 9.17) is 15.6 Å². The highest BCUT2D eigenvalue weighted by Crippen LogP contribution is 2.21. The SMILES string of the molecule is CCCCCCCCCCCCCC(=O)C(N)(CCC(=O)O)C(=O)OC(C)(C)C. The topological polar surface area (TPSA) is 107 Å². The monoisotopic (exact) mass is 413 g/mol. The van der Waals surface area contributed by atoms with Crippen LogP contribution in [0.2, 0.25) is 0 Å². The molecule has 0 amide bonds. The fraction of sp³-hybridized carbons (Fsp3) is 0.870. The van der Waals surface area contributed by atoms with E-state index < -0.39 is 28.9 Å². The minimum Gasteiger partial charge on any atom is -0.481 e. The van der Waals surface area contributed by atoms with Crippen molar-refractivity contribution in [2.75, 3.05) is 0 Å². The van der Waals surface area contributed by atoms with Crippen LogP contribution in [-0.4, -0.2) is 34.0 Å². The number of unbranched alkanes of at least 4 members (excludes halogenated alkanes) is 10. The van der Waals surface area contributed by atoms with E-state index in [0.29, 0.717) is 6.42 Å². The largest absolute Gasteiger partial charge is 0.481 e. The normalized spacial score (nSPS) is 13.7. The standard InChI is InChI=1S/C23H43NO5/c1-5-6-7-8-9-10-11-12-13-14-15-16-19(25)23(24,18-17-20(26)27)21(28)29-22(2,3)4/h5-18,24H2,1-4H3,(H,26,27). The molecular weight excluding hydrogens is 370 g/mol. The number of hydrogen-bond donors (Lipinski definition) is 2. The van der Waals surface area contributed by atoms with E-state index in [9.17, 15) is 14.4 Å². The van der Waals surface area contributed by atoms with Crippen molar-refractivity contribution < 1.29 is 24.2 Å². The second-order valence-corrected chi connectivity index (χ2v) is 9.08. The number of carboxylic acid groups (broad SMARTS) is 1. The number of aliphatic carboxylic acids is 1. The molecule has 0 aliphatic rings. The number of hydrogen-bond acceptors (Lipinski definition) is 5. The van der Waals surface area contributed by atoms with Gasteiger partial charge in [-0.3, -0.25) is 9.59 Å². The van der Waals surface area contributed by atoms with Gasteiger partial charge in [0.1, 0.15) is 5.60 Å². The molecule has 1 unspecified atom stereocenters. The first-order valence-electron chi connectivity index (χ1n) is 11.3. The van der Waals surface area contributed by atoms with Crippen LogP contribution in [-0.2, 0) is 19.1 Å². The van der Waals surface area contributed by atoms with Crippen LogP contribution in [0, 0.1) is 0 Å². The Bertz CT molecular complexity index is 498. The van der Waals surface area contributed by atoms with Crippen molar-refractivity contribution in [2.45, 2.75) is 129 Å². The molecule has 0 aliphatic carbocycles. The predicted molar refractivity (Wildman–Crippen MR) is 116 cm³/mol. The minimum absolute atomic E-state index is 0.173. The number of carbonyl (C=O) groups is 3. The third-order valence-electron chi connectivity index (χ3n) is 5.00. The van der Waals surface area contributed by atoms with E-state index in [-0.39, 0.29) is 19.3 Å². The molecule has 3 N–H and O–H groups in total. The van der Waals surface area contributed by atoms with Gasteiger partial charge >= 0.3 is 11.9 Å². The van der Waals surface area contributed by atoms with Crippen molar-refractivity contribution in [1.82, 2.24) is 0 Å². The molecule has 0 heterocycles. The summed E-state index contributed by atoms with van der Waals surface area (Å²) < 4.78 is 5.29. The Morgan fingerprint density at radius 3 is 1.66 bits per heavy atom. The van der Waals surface area contributed by atoms with Crippen LogP contribution in [0.1, 0.15) is 118 Å². The molecule has 0 aromatic rings. The number of carbonyl (C=O) groups excluding carboxylic acids is 2. The molecule has 0 fully saturated rings. The maximum Gasteiger partial charge on any atom is 0.334 e. The zero-order chi connectivity index (χ0) is 22.3. The Morgan fingerprint density at radius 1 is 0.793 bits per heavy atom. The molecule has 0 saturated carbocycles. The van der Waals surface area contributed by atoms with Crippen molar-refractivity contribution in [2.24, 2.45) is 5.73 Å². The fourth-order valence-corrected chi connectivity index (χ4v) is 3.20. The lowest BCUT2D eigenvalue weighted by atomic mass is 9.86. The van der Waals surface area contributed by atoms with Crippen LogP contribution in [0.4, 0.5) is 0 Å². The highest BCUT2D eigenvalue weighted by atomic mass is 16.6. The molecule has 29 heavy (non-hydrogen) atoms. The third kappa shape index (κ3) is 13.4. The number of ether oxygens (including phenoxy) is 1. The Balaban J connectivity index is 4.29. The van der Waals surface area contributed by atoms with Crippen LogP contribution >= 0.6 is 0 Å². The number of esters is 1. The van der Waals surface area contributed by atoms with Gasteiger partial charge in [0, 0.05) is 12.8 Å². The number of nitrogens with two attached hydrogens (primary N) is 1. The summed E-state index contributed by atoms with van der Waals surface area (Å²) in [5.74, 6) is -2.35. The third-order valence-corrected chi connectivity index (χ3v) is 5.00. The lowest BCUT2D eigenvalue weighted by Crippen LogP contribution is -2.57. The van der Waals surface area contributed by atoms with Crippen molar-refractivity contribution >= 4 is 17.7 Å². The summed E-state index contributed by atoms with van der Waals surface area (Å²) in [7, 11) is 0. The van der Waals surface area contributed by atoms with E-state index in [0.717, 1.165) is 19.3 Å². The van der Waals surface area contributed by atoms with Gasteiger partial charge in [-0.2, -0.15) is 0 Å². The van der Waals surface area contributed by atoms with Crippen molar-refractivity contribution in [3.63, 3.8) is 0 Å². The number of Topliss-reactive ketones (excluding diaryl/α,β-unsaturated/α-hetero) is 1. The Kier molecular flexibility index (Phi) is 13.8. The first kappa shape index (κ1) is 27.6. The van der Waals surface area contributed by atoms with E-state index in [1.165, 1.54) is 44.9 Å². The summed E-state index contributed by atoms with van der Waals surface area (Å²) >= 11 is 0. The van der Waals surface area contributed by atoms with Crippen molar-refractivity contribution in [3.8, 4) is 0 Å². The maximum absolute atomic E-state index is 12.6. The Hall–Kier alpha value is -1.43. The summed E-state index contributed by atoms with van der Waals surface area (Å²) in [6.45, 7) is 7.30. The average Bonchev–Trinajstić information content (AvgIpc) is 2.62. The molecule has 6 heteroatoms. The number of carboxylic acids is 1. The van der Waals surface area contributed by atoms with Gasteiger partial charge in [0.25, 0.3) is 0 Å². The summed E-state index contributed by atoms with van der Waals surface area (Å²) in [5, 5.41) is 8.93. The molecule has 6 nitrogen and oxygen atoms in total. The molecule has 0 bridgehead atoms. The molecule has 0 aromatic heterocycles. The first-order chi connectivity index (χ1) is 13.5. The number of rotatable bonds is 17. The molecule has 0 aliphatic heterocycles. The summed E-state index contributed by atoms with van der Waals surface area (Å²) in [6.07, 6.45) is 12.4. The van der Waals surface area contributed by atoms with Gasteiger partial charge in [-0.15, -0.1) is 0 Å². The van der Waals surface area contributed by atoms with Crippen molar-refractivity contribution in [1.29, 1.82) is 0 Å². The molecule has 0 rings (SSSR count). The first-order valence-corrected chi connectivity index (χ1v) is 11.3. The lowest BCUT2D eigenvalue weighted by molar-refractivity contribution is -0.164. The second-order valence-electron chi connectivity index (χ2n) is 9.08. The molecule has 0 spiro atoms. The molecular formula is C23H43NO5. The van der Waals surface area contributed by atoms with Crippen LogP contribution in [0.3, 0.4) is 0 Å². The Labute approximate surface area is 177 Å². The summed E-state index contributed by atoms with van der Waals surface area (Å²) in [6, 6.07) is 0. The Morgan fingerprint density at radius 2 is 1.24 bits per heavy atom. The van der Waals surface area contributed by atoms with Gasteiger partial charge in [-0.1, -0.05) is 71.1 Å². The van der Waals surface area contributed by atoms with Gasteiger partial charge in [0.05, 0.1) is 0 Å². The predicted octanol–water partition coefficient (Wildman–Crippen LogP) is 5.16. The maximum atomic E-state index is 12.6. The van der Waals surface area contributed by atoms with E-state index in [1.54, 1.807) is 20.8 Å². The molecule has 1 atom stereocenters. The smallest absolute Gasteiger partial charge is 0.334 e. The van der Waals surface area contributed by atoms with Gasteiger partial charge < -0.3 is 15.6 Å². The van der Waals surface area contributed by atoms with E-state index in [2.05, 4.69) is 6.92 Å². The lowest BCUT2D eigenvalue weighted by Gasteiger charge is -2.30. The van der Waals surface area contributed by atoms with Gasteiger partial charge in [0.2, 0.25) is 0 Å². The van der Waals surface area contributed by atoms with Gasteiger partial charge in [0.15, 0.2) is 11.3 Å². The molecule has 0 aromatic carbocycles. The molecule has 0 saturated heterocycles. The molecule has 0 radical (unpaired) electrons. The highest BCUT2D eigenvalue weighted by Gasteiger charge is 2.44. The molecule has 170 valence electrons. The fourth-order valence-electron chi connectivity index (χ4n) is 3.20. The van der Waals surface area contributed by atoms with Gasteiger partial charge in [-0.05, 0) is 33.6 Å². The van der Waals surface area contributed by atoms with Crippen LogP contribution < -0.4 is 5.73 Å². The summed E-state index contributed by atoms with van der Waals surface area (Å²) in [4.78, 5) is 36.0. The number of ketones is 1. The minimum atomic E-state index is -1.88. The van der Waals surface area contributed by atoms with Gasteiger partial charge in [-0.25, -0.2) is 4.79 Å². The van der Waals surface area contributed by atoms with Crippen LogP contribution in [0.25, 0.3) is 0 Å². The highest BCUT2D eigenvalue weighted by molar-refractivity contribution is 6.08. The van der Waals surface area contributed by atoms with Crippen LogP contribution in [0.15, 0.2) is 0 Å². The second kappa shape index (κ2) is 14.5.